The predicted octanol–water partition coefficient (Wildman–Crippen LogP) is 1.35. The Kier molecular flexibility index (Phi) is 6.09. The molecule has 1 atom stereocenters. The van der Waals surface area contributed by atoms with Crippen LogP contribution >= 0.6 is 0 Å². The number of carbonyl (C=O) groups excluding carboxylic acids is 1. The molecule has 0 aliphatic heterocycles. The third kappa shape index (κ3) is 5.36. The molecule has 1 aliphatic carbocycles. The highest BCUT2D eigenvalue weighted by Gasteiger charge is 2.29. The lowest BCUT2D eigenvalue weighted by molar-refractivity contribution is -0.121. The largest absolute Gasteiger partial charge is 0.355 e. The Bertz CT molecular complexity index is 254. The van der Waals surface area contributed by atoms with E-state index < -0.39 is 0 Å². The summed E-state index contributed by atoms with van der Waals surface area (Å²) in [5.74, 6) is 0.695. The van der Waals surface area contributed by atoms with Crippen molar-refractivity contribution in [2.75, 3.05) is 13.1 Å². The molecule has 1 unspecified atom stereocenters. The molecular weight excluding hydrogens is 226 g/mol. The third-order valence-electron chi connectivity index (χ3n) is 3.67. The van der Waals surface area contributed by atoms with Crippen LogP contribution in [0.4, 0.5) is 0 Å². The Morgan fingerprint density at radius 2 is 1.83 bits per heavy atom. The number of hydrogen-bond donors (Lipinski definition) is 2. The molecular formula is C14H29N3O. The fraction of sp³-hybridized carbons (Fsp3) is 0.929. The molecule has 1 fully saturated rings. The molecule has 0 saturated heterocycles. The van der Waals surface area contributed by atoms with Gasteiger partial charge in [0.2, 0.25) is 5.91 Å². The van der Waals surface area contributed by atoms with Crippen molar-refractivity contribution < 1.29 is 4.79 Å². The second kappa shape index (κ2) is 7.10. The van der Waals surface area contributed by atoms with Crippen LogP contribution < -0.4 is 11.1 Å². The minimum absolute atomic E-state index is 0.0660. The van der Waals surface area contributed by atoms with E-state index >= 15 is 0 Å². The Morgan fingerprint density at radius 3 is 2.28 bits per heavy atom. The smallest absolute Gasteiger partial charge is 0.221 e. The number of nitrogens with one attached hydrogen (secondary N) is 1. The summed E-state index contributed by atoms with van der Waals surface area (Å²) in [6, 6.07) is 1.09. The van der Waals surface area contributed by atoms with E-state index in [0.717, 1.165) is 6.54 Å². The molecule has 1 aliphatic rings. The Morgan fingerprint density at radius 1 is 1.28 bits per heavy atom. The Balaban J connectivity index is 2.17. The molecule has 0 radical (unpaired) electrons. The number of hydrogen-bond acceptors (Lipinski definition) is 3. The summed E-state index contributed by atoms with van der Waals surface area (Å²) < 4.78 is 0. The molecule has 1 rings (SSSR count). The van der Waals surface area contributed by atoms with Gasteiger partial charge in [0.05, 0.1) is 0 Å². The summed E-state index contributed by atoms with van der Waals surface area (Å²) in [7, 11) is 0. The van der Waals surface area contributed by atoms with Crippen LogP contribution in [0, 0.1) is 5.92 Å². The monoisotopic (exact) mass is 255 g/mol. The molecule has 0 aromatic heterocycles. The Labute approximate surface area is 111 Å². The van der Waals surface area contributed by atoms with E-state index in [1.165, 1.54) is 12.8 Å². The molecule has 0 bridgehead atoms. The second-order valence-electron chi connectivity index (χ2n) is 5.98. The van der Waals surface area contributed by atoms with Crippen molar-refractivity contribution in [2.45, 2.75) is 65.1 Å². The highest BCUT2D eigenvalue weighted by molar-refractivity contribution is 5.76. The highest BCUT2D eigenvalue weighted by Crippen LogP contribution is 2.32. The zero-order chi connectivity index (χ0) is 13.7. The van der Waals surface area contributed by atoms with Crippen molar-refractivity contribution in [2.24, 2.45) is 11.7 Å². The van der Waals surface area contributed by atoms with Gasteiger partial charge < -0.3 is 11.1 Å². The zero-order valence-corrected chi connectivity index (χ0v) is 12.3. The van der Waals surface area contributed by atoms with Gasteiger partial charge in [0, 0.05) is 37.6 Å². The van der Waals surface area contributed by atoms with Gasteiger partial charge in [-0.05, 0) is 46.5 Å². The third-order valence-corrected chi connectivity index (χ3v) is 3.67. The molecule has 106 valence electrons. The van der Waals surface area contributed by atoms with Crippen molar-refractivity contribution >= 4 is 5.91 Å². The van der Waals surface area contributed by atoms with E-state index in [4.69, 9.17) is 5.73 Å². The summed E-state index contributed by atoms with van der Waals surface area (Å²) in [4.78, 5) is 14.1. The normalized spacial score (nSPS) is 17.6. The summed E-state index contributed by atoms with van der Waals surface area (Å²) in [5, 5.41) is 2.98. The Hall–Kier alpha value is -0.610. The van der Waals surface area contributed by atoms with Gasteiger partial charge in [-0.3, -0.25) is 9.69 Å². The van der Waals surface area contributed by atoms with Crippen molar-refractivity contribution in [3.8, 4) is 0 Å². The highest BCUT2D eigenvalue weighted by atomic mass is 16.1. The fourth-order valence-corrected chi connectivity index (χ4v) is 2.41. The van der Waals surface area contributed by atoms with E-state index in [0.29, 0.717) is 31.0 Å². The lowest BCUT2D eigenvalue weighted by Gasteiger charge is -2.30. The SMILES string of the molecule is CC(C)N(CCNC(=O)CC(N)C1CC1)C(C)C. The van der Waals surface area contributed by atoms with Crippen molar-refractivity contribution in [3.05, 3.63) is 0 Å². The summed E-state index contributed by atoms with van der Waals surface area (Å²) in [6.45, 7) is 10.4. The van der Waals surface area contributed by atoms with Gasteiger partial charge in [0.15, 0.2) is 0 Å². The lowest BCUT2D eigenvalue weighted by Crippen LogP contribution is -2.43. The average Bonchev–Trinajstić information content (AvgIpc) is 3.06. The number of amides is 1. The van der Waals surface area contributed by atoms with Crippen molar-refractivity contribution in [3.63, 3.8) is 0 Å². The van der Waals surface area contributed by atoms with Gasteiger partial charge in [-0.1, -0.05) is 0 Å². The van der Waals surface area contributed by atoms with E-state index in [2.05, 4.69) is 37.9 Å². The van der Waals surface area contributed by atoms with Gasteiger partial charge in [-0.25, -0.2) is 0 Å². The molecule has 0 aromatic rings. The molecule has 4 heteroatoms. The van der Waals surface area contributed by atoms with Crippen LogP contribution in [-0.2, 0) is 4.79 Å². The molecule has 0 aromatic carbocycles. The number of nitrogens with two attached hydrogens (primary N) is 1. The molecule has 0 heterocycles. The molecule has 1 saturated carbocycles. The van der Waals surface area contributed by atoms with E-state index in [-0.39, 0.29) is 11.9 Å². The minimum Gasteiger partial charge on any atom is -0.355 e. The molecule has 0 spiro atoms. The van der Waals surface area contributed by atoms with Gasteiger partial charge in [0.25, 0.3) is 0 Å². The molecule has 4 nitrogen and oxygen atoms in total. The maximum absolute atomic E-state index is 11.7. The first-order valence-corrected chi connectivity index (χ1v) is 7.19. The van der Waals surface area contributed by atoms with E-state index in [9.17, 15) is 4.79 Å². The molecule has 18 heavy (non-hydrogen) atoms. The summed E-state index contributed by atoms with van der Waals surface area (Å²) in [6.07, 6.45) is 2.87. The first-order valence-electron chi connectivity index (χ1n) is 7.19. The predicted molar refractivity (Wildman–Crippen MR) is 75.3 cm³/mol. The zero-order valence-electron chi connectivity index (χ0n) is 12.3. The van der Waals surface area contributed by atoms with Crippen LogP contribution in [0.3, 0.4) is 0 Å². The summed E-state index contributed by atoms with van der Waals surface area (Å²) in [5.41, 5.74) is 5.94. The minimum atomic E-state index is 0.0660. The van der Waals surface area contributed by atoms with Gasteiger partial charge >= 0.3 is 0 Å². The quantitative estimate of drug-likeness (QED) is 0.688. The van der Waals surface area contributed by atoms with Crippen LogP contribution in [0.25, 0.3) is 0 Å². The first-order chi connectivity index (χ1) is 8.41. The topological polar surface area (TPSA) is 58.4 Å². The van der Waals surface area contributed by atoms with Gasteiger partial charge in [-0.15, -0.1) is 0 Å². The van der Waals surface area contributed by atoms with Crippen molar-refractivity contribution in [1.29, 1.82) is 0 Å². The maximum Gasteiger partial charge on any atom is 0.221 e. The van der Waals surface area contributed by atoms with Crippen molar-refractivity contribution in [1.82, 2.24) is 10.2 Å². The molecule has 3 N–H and O–H groups in total. The number of carbonyl (C=O) groups is 1. The van der Waals surface area contributed by atoms with Gasteiger partial charge in [-0.2, -0.15) is 0 Å². The van der Waals surface area contributed by atoms with Crippen LogP contribution in [0.15, 0.2) is 0 Å². The lowest BCUT2D eigenvalue weighted by atomic mass is 10.1. The fourth-order valence-electron chi connectivity index (χ4n) is 2.41. The van der Waals surface area contributed by atoms with E-state index in [1.807, 2.05) is 0 Å². The van der Waals surface area contributed by atoms with E-state index in [1.54, 1.807) is 0 Å². The maximum atomic E-state index is 11.7. The average molecular weight is 255 g/mol. The van der Waals surface area contributed by atoms with Crippen LogP contribution in [-0.4, -0.2) is 42.0 Å². The van der Waals surface area contributed by atoms with Crippen LogP contribution in [0.5, 0.6) is 0 Å². The van der Waals surface area contributed by atoms with Crippen LogP contribution in [0.2, 0.25) is 0 Å². The number of nitrogens with zero attached hydrogens (tertiary/aromatic N) is 1. The standard InChI is InChI=1S/C14H29N3O/c1-10(2)17(11(3)4)8-7-16-14(18)9-13(15)12-5-6-12/h10-13H,5-9,15H2,1-4H3,(H,16,18). The van der Waals surface area contributed by atoms with Gasteiger partial charge in [0.1, 0.15) is 0 Å². The number of rotatable bonds is 8. The van der Waals surface area contributed by atoms with Crippen LogP contribution in [0.1, 0.15) is 47.0 Å². The first kappa shape index (κ1) is 15.4. The molecule has 1 amide bonds. The summed E-state index contributed by atoms with van der Waals surface area (Å²) >= 11 is 0. The second-order valence-corrected chi connectivity index (χ2v) is 5.98.